The van der Waals surface area contributed by atoms with Crippen LogP contribution in [0.3, 0.4) is 0 Å². The number of benzene rings is 3. The minimum atomic E-state index is -0.759. The molecule has 3 aromatic rings. The molecular formula is C30H27NO6. The molecule has 1 saturated heterocycles. The van der Waals surface area contributed by atoms with Crippen LogP contribution < -0.4 is 14.2 Å². The Labute approximate surface area is 215 Å². The zero-order valence-corrected chi connectivity index (χ0v) is 20.3. The van der Waals surface area contributed by atoms with Crippen molar-refractivity contribution in [1.82, 2.24) is 4.90 Å². The summed E-state index contributed by atoms with van der Waals surface area (Å²) in [6.45, 7) is 5.16. The largest absolute Gasteiger partial charge is 0.507 e. The smallest absolute Gasteiger partial charge is 0.295 e. The van der Waals surface area contributed by atoms with Gasteiger partial charge < -0.3 is 24.2 Å². The van der Waals surface area contributed by atoms with Gasteiger partial charge in [0.2, 0.25) is 0 Å². The minimum absolute atomic E-state index is 0.0366. The van der Waals surface area contributed by atoms with Gasteiger partial charge in [0.25, 0.3) is 11.7 Å². The fourth-order valence-electron chi connectivity index (χ4n) is 4.60. The Balaban J connectivity index is 1.55. The number of aliphatic hydroxyl groups is 1. The maximum atomic E-state index is 13.3. The maximum absolute atomic E-state index is 13.3. The fraction of sp³-hybridized carbons (Fsp3) is 0.200. The number of likely N-dealkylation sites (tertiary alicyclic amines) is 1. The molecule has 37 heavy (non-hydrogen) atoms. The first kappa shape index (κ1) is 24.2. The standard InChI is InChI=1S/C30H27NO6/c1-2-16-35-23-11-8-21(9-12-23)27-26(28(32)22-10-13-24-25(19-22)37-18-17-36-24)29(33)30(34)31(27)15-14-20-6-4-3-5-7-20/h2-13,19,27,32H,1,14-18H2. The molecule has 0 aromatic heterocycles. The molecule has 0 spiro atoms. The van der Waals surface area contributed by atoms with Gasteiger partial charge in [-0.15, -0.1) is 0 Å². The van der Waals surface area contributed by atoms with Crippen LogP contribution in [0.5, 0.6) is 17.2 Å². The van der Waals surface area contributed by atoms with Crippen molar-refractivity contribution in [2.24, 2.45) is 0 Å². The first-order valence-corrected chi connectivity index (χ1v) is 12.1. The molecule has 188 valence electrons. The van der Waals surface area contributed by atoms with Gasteiger partial charge in [-0.05, 0) is 47.9 Å². The van der Waals surface area contributed by atoms with Crippen LogP contribution in [0.1, 0.15) is 22.7 Å². The van der Waals surface area contributed by atoms with E-state index in [2.05, 4.69) is 6.58 Å². The molecule has 1 fully saturated rings. The van der Waals surface area contributed by atoms with E-state index in [1.54, 1.807) is 36.4 Å². The number of ketones is 1. The van der Waals surface area contributed by atoms with Crippen LogP contribution in [0, 0.1) is 0 Å². The van der Waals surface area contributed by atoms with Crippen LogP contribution in [0.4, 0.5) is 0 Å². The number of carbonyl (C=O) groups excluding carboxylic acids is 2. The summed E-state index contributed by atoms with van der Waals surface area (Å²) in [5, 5.41) is 11.4. The summed E-state index contributed by atoms with van der Waals surface area (Å²) in [5.74, 6) is 0.0577. The van der Waals surface area contributed by atoms with E-state index in [0.29, 0.717) is 61.2 Å². The Kier molecular flexibility index (Phi) is 6.94. The van der Waals surface area contributed by atoms with Crippen molar-refractivity contribution in [2.75, 3.05) is 26.4 Å². The van der Waals surface area contributed by atoms with E-state index in [-0.39, 0.29) is 11.3 Å². The molecule has 3 aromatic carbocycles. The number of amides is 1. The third-order valence-corrected chi connectivity index (χ3v) is 6.40. The molecule has 0 bridgehead atoms. The van der Waals surface area contributed by atoms with Crippen LogP contribution in [-0.4, -0.2) is 48.1 Å². The fourth-order valence-corrected chi connectivity index (χ4v) is 4.60. The van der Waals surface area contributed by atoms with Gasteiger partial charge in [-0.2, -0.15) is 0 Å². The predicted octanol–water partition coefficient (Wildman–Crippen LogP) is 4.69. The first-order chi connectivity index (χ1) is 18.1. The van der Waals surface area contributed by atoms with Crippen molar-refractivity contribution in [3.63, 3.8) is 0 Å². The highest BCUT2D eigenvalue weighted by Gasteiger charge is 2.46. The lowest BCUT2D eigenvalue weighted by molar-refractivity contribution is -0.139. The predicted molar refractivity (Wildman–Crippen MR) is 139 cm³/mol. The second-order valence-corrected chi connectivity index (χ2v) is 8.76. The second kappa shape index (κ2) is 10.6. The monoisotopic (exact) mass is 497 g/mol. The van der Waals surface area contributed by atoms with Gasteiger partial charge in [-0.3, -0.25) is 9.59 Å². The summed E-state index contributed by atoms with van der Waals surface area (Å²) in [6, 6.07) is 21.1. The Hall–Kier alpha value is -4.52. The molecule has 1 unspecified atom stereocenters. The third kappa shape index (κ3) is 4.93. The first-order valence-electron chi connectivity index (χ1n) is 12.1. The van der Waals surface area contributed by atoms with Gasteiger partial charge in [0.05, 0.1) is 11.6 Å². The summed E-state index contributed by atoms with van der Waals surface area (Å²) in [7, 11) is 0. The van der Waals surface area contributed by atoms with Crippen molar-refractivity contribution in [3.05, 3.63) is 108 Å². The summed E-state index contributed by atoms with van der Waals surface area (Å²) < 4.78 is 16.8. The molecule has 2 aliphatic rings. The topological polar surface area (TPSA) is 85.3 Å². The van der Waals surface area contributed by atoms with E-state index in [9.17, 15) is 14.7 Å². The van der Waals surface area contributed by atoms with Crippen LogP contribution in [0.2, 0.25) is 0 Å². The molecule has 7 heteroatoms. The lowest BCUT2D eigenvalue weighted by Crippen LogP contribution is -2.31. The molecule has 2 heterocycles. The van der Waals surface area contributed by atoms with Gasteiger partial charge in [-0.1, -0.05) is 55.1 Å². The normalized spacial score (nSPS) is 18.1. The van der Waals surface area contributed by atoms with E-state index in [1.807, 2.05) is 42.5 Å². The van der Waals surface area contributed by atoms with Gasteiger partial charge >= 0.3 is 0 Å². The Morgan fingerprint density at radius 2 is 1.73 bits per heavy atom. The number of carbonyl (C=O) groups is 2. The Morgan fingerprint density at radius 1 is 1.00 bits per heavy atom. The third-order valence-electron chi connectivity index (χ3n) is 6.40. The number of hydrogen-bond donors (Lipinski definition) is 1. The number of nitrogens with zero attached hydrogens (tertiary/aromatic N) is 1. The zero-order chi connectivity index (χ0) is 25.8. The van der Waals surface area contributed by atoms with Crippen molar-refractivity contribution >= 4 is 17.4 Å². The molecule has 1 atom stereocenters. The molecular weight excluding hydrogens is 470 g/mol. The minimum Gasteiger partial charge on any atom is -0.507 e. The number of hydrogen-bond acceptors (Lipinski definition) is 6. The molecule has 0 radical (unpaired) electrons. The van der Waals surface area contributed by atoms with E-state index < -0.39 is 17.7 Å². The lowest BCUT2D eigenvalue weighted by Gasteiger charge is -2.26. The number of fused-ring (bicyclic) bond motifs is 1. The molecule has 7 nitrogen and oxygen atoms in total. The molecule has 1 amide bonds. The van der Waals surface area contributed by atoms with E-state index >= 15 is 0 Å². The average Bonchev–Trinajstić information content (AvgIpc) is 3.20. The van der Waals surface area contributed by atoms with Crippen LogP contribution in [-0.2, 0) is 16.0 Å². The van der Waals surface area contributed by atoms with Gasteiger partial charge in [0, 0.05) is 12.1 Å². The summed E-state index contributed by atoms with van der Waals surface area (Å²) in [6.07, 6.45) is 2.22. The SMILES string of the molecule is C=CCOc1ccc(C2C(=C(O)c3ccc4c(c3)OCCO4)C(=O)C(=O)N2CCc2ccccc2)cc1. The number of aliphatic hydroxyl groups excluding tert-OH is 1. The van der Waals surface area contributed by atoms with Crippen LogP contribution in [0.25, 0.3) is 5.76 Å². The highest BCUT2D eigenvalue weighted by Crippen LogP contribution is 2.41. The summed E-state index contributed by atoms with van der Waals surface area (Å²) >= 11 is 0. The van der Waals surface area contributed by atoms with Crippen molar-refractivity contribution in [2.45, 2.75) is 12.5 Å². The molecule has 1 N–H and O–H groups in total. The Morgan fingerprint density at radius 3 is 2.46 bits per heavy atom. The lowest BCUT2D eigenvalue weighted by atomic mass is 9.95. The summed E-state index contributed by atoms with van der Waals surface area (Å²) in [5.41, 5.74) is 2.15. The number of rotatable bonds is 8. The molecule has 0 saturated carbocycles. The van der Waals surface area contributed by atoms with Gasteiger partial charge in [-0.25, -0.2) is 0 Å². The molecule has 2 aliphatic heterocycles. The van der Waals surface area contributed by atoms with Crippen molar-refractivity contribution in [1.29, 1.82) is 0 Å². The maximum Gasteiger partial charge on any atom is 0.295 e. The summed E-state index contributed by atoms with van der Waals surface area (Å²) in [4.78, 5) is 28.1. The highest BCUT2D eigenvalue weighted by atomic mass is 16.6. The zero-order valence-electron chi connectivity index (χ0n) is 20.3. The number of Topliss-reactive ketones (excluding diaryl/α,β-unsaturated/α-hetero) is 1. The van der Waals surface area contributed by atoms with Crippen molar-refractivity contribution < 1.29 is 28.9 Å². The van der Waals surface area contributed by atoms with Gasteiger partial charge in [0.1, 0.15) is 31.3 Å². The Bertz CT molecular complexity index is 1350. The highest BCUT2D eigenvalue weighted by molar-refractivity contribution is 6.46. The number of ether oxygens (including phenoxy) is 3. The average molecular weight is 498 g/mol. The quantitative estimate of drug-likeness (QED) is 0.210. The molecule has 0 aliphatic carbocycles. The van der Waals surface area contributed by atoms with Crippen LogP contribution >= 0.6 is 0 Å². The van der Waals surface area contributed by atoms with E-state index in [1.165, 1.54) is 4.90 Å². The van der Waals surface area contributed by atoms with E-state index in [0.717, 1.165) is 5.56 Å². The van der Waals surface area contributed by atoms with Gasteiger partial charge in [0.15, 0.2) is 11.5 Å². The van der Waals surface area contributed by atoms with Crippen LogP contribution in [0.15, 0.2) is 91.0 Å². The van der Waals surface area contributed by atoms with Crippen molar-refractivity contribution in [3.8, 4) is 17.2 Å². The van der Waals surface area contributed by atoms with E-state index in [4.69, 9.17) is 14.2 Å². The molecule has 5 rings (SSSR count). The second-order valence-electron chi connectivity index (χ2n) is 8.76.